The van der Waals surface area contributed by atoms with Gasteiger partial charge in [-0.25, -0.2) is 0 Å². The van der Waals surface area contributed by atoms with Gasteiger partial charge in [0.05, 0.1) is 5.60 Å². The zero-order valence-electron chi connectivity index (χ0n) is 14.3. The van der Waals surface area contributed by atoms with E-state index in [-0.39, 0.29) is 5.04 Å². The molecular formula is C17H34O2Si. The maximum absolute atomic E-state index is 10.8. The SMILES string of the molecule is CC1(O)C[C@H]2CCCC[C@H]2[C@@H]1CO[Si](C)(C)C(C)(C)C. The summed E-state index contributed by atoms with van der Waals surface area (Å²) in [5.41, 5.74) is -0.512. The van der Waals surface area contributed by atoms with E-state index in [0.29, 0.717) is 11.8 Å². The van der Waals surface area contributed by atoms with Gasteiger partial charge in [0.15, 0.2) is 8.32 Å². The predicted octanol–water partition coefficient (Wildman–Crippen LogP) is 4.59. The molecule has 0 aromatic rings. The fourth-order valence-corrected chi connectivity index (χ4v) is 5.01. The van der Waals surface area contributed by atoms with Crippen LogP contribution < -0.4 is 0 Å². The number of aliphatic hydroxyl groups is 1. The molecule has 0 aliphatic heterocycles. The molecule has 2 saturated carbocycles. The maximum Gasteiger partial charge on any atom is 0.191 e. The summed E-state index contributed by atoms with van der Waals surface area (Å²) in [6, 6.07) is 0. The Morgan fingerprint density at radius 1 is 1.20 bits per heavy atom. The summed E-state index contributed by atoms with van der Waals surface area (Å²) >= 11 is 0. The largest absolute Gasteiger partial charge is 0.416 e. The van der Waals surface area contributed by atoms with Gasteiger partial charge in [0.2, 0.25) is 0 Å². The van der Waals surface area contributed by atoms with Crippen LogP contribution in [0.4, 0.5) is 0 Å². The molecule has 3 heteroatoms. The number of fused-ring (bicyclic) bond motifs is 1. The minimum absolute atomic E-state index is 0.253. The molecule has 118 valence electrons. The average Bonchev–Trinajstić information content (AvgIpc) is 2.54. The fourth-order valence-electron chi connectivity index (χ4n) is 3.98. The van der Waals surface area contributed by atoms with E-state index in [2.05, 4.69) is 33.9 Å². The summed E-state index contributed by atoms with van der Waals surface area (Å²) in [7, 11) is -1.70. The highest BCUT2D eigenvalue weighted by Gasteiger charge is 2.51. The Morgan fingerprint density at radius 2 is 1.80 bits per heavy atom. The first-order valence-corrected chi connectivity index (χ1v) is 11.3. The summed E-state index contributed by atoms with van der Waals surface area (Å²) in [6.07, 6.45) is 6.30. The first-order valence-electron chi connectivity index (χ1n) is 8.41. The van der Waals surface area contributed by atoms with Gasteiger partial charge >= 0.3 is 0 Å². The van der Waals surface area contributed by atoms with Crippen molar-refractivity contribution in [1.82, 2.24) is 0 Å². The summed E-state index contributed by atoms with van der Waals surface area (Å²) in [4.78, 5) is 0. The number of hydrogen-bond donors (Lipinski definition) is 1. The normalized spacial score (nSPS) is 38.9. The van der Waals surface area contributed by atoms with Gasteiger partial charge in [-0.3, -0.25) is 0 Å². The maximum atomic E-state index is 10.8. The third-order valence-electron chi connectivity index (χ3n) is 6.39. The zero-order valence-corrected chi connectivity index (χ0v) is 15.3. The molecule has 0 aromatic heterocycles. The second-order valence-electron chi connectivity index (χ2n) is 8.95. The van der Waals surface area contributed by atoms with E-state index in [9.17, 15) is 5.11 Å². The van der Waals surface area contributed by atoms with Gasteiger partial charge in [0.25, 0.3) is 0 Å². The molecule has 0 aromatic carbocycles. The third-order valence-corrected chi connectivity index (χ3v) is 10.9. The second kappa shape index (κ2) is 5.40. The van der Waals surface area contributed by atoms with Crippen LogP contribution in [0.25, 0.3) is 0 Å². The molecular weight excluding hydrogens is 264 g/mol. The molecule has 0 heterocycles. The van der Waals surface area contributed by atoms with Crippen molar-refractivity contribution in [3.63, 3.8) is 0 Å². The van der Waals surface area contributed by atoms with E-state index in [1.54, 1.807) is 0 Å². The zero-order chi connectivity index (χ0) is 15.2. The fraction of sp³-hybridized carbons (Fsp3) is 1.00. The van der Waals surface area contributed by atoms with Crippen LogP contribution in [0.15, 0.2) is 0 Å². The Hall–Kier alpha value is 0.137. The first kappa shape index (κ1) is 16.5. The monoisotopic (exact) mass is 298 g/mol. The van der Waals surface area contributed by atoms with Crippen molar-refractivity contribution < 1.29 is 9.53 Å². The Morgan fingerprint density at radius 3 is 2.40 bits per heavy atom. The molecule has 2 nitrogen and oxygen atoms in total. The molecule has 1 unspecified atom stereocenters. The van der Waals surface area contributed by atoms with Gasteiger partial charge in [0, 0.05) is 12.5 Å². The number of rotatable bonds is 3. The first-order chi connectivity index (χ1) is 9.05. The smallest absolute Gasteiger partial charge is 0.191 e. The van der Waals surface area contributed by atoms with E-state index in [1.165, 1.54) is 25.7 Å². The van der Waals surface area contributed by atoms with Gasteiger partial charge in [-0.05, 0) is 49.7 Å². The average molecular weight is 299 g/mol. The highest BCUT2D eigenvalue weighted by atomic mass is 28.4. The lowest BCUT2D eigenvalue weighted by atomic mass is 9.77. The van der Waals surface area contributed by atoms with Crippen LogP contribution in [-0.2, 0) is 4.43 Å². The molecule has 0 saturated heterocycles. The predicted molar refractivity (Wildman–Crippen MR) is 87.3 cm³/mol. The summed E-state index contributed by atoms with van der Waals surface area (Å²) < 4.78 is 6.44. The van der Waals surface area contributed by atoms with Gasteiger partial charge in [-0.15, -0.1) is 0 Å². The minimum atomic E-state index is -1.70. The van der Waals surface area contributed by atoms with E-state index in [1.807, 2.05) is 6.92 Å². The molecule has 0 bridgehead atoms. The number of hydrogen-bond acceptors (Lipinski definition) is 2. The van der Waals surface area contributed by atoms with Crippen LogP contribution in [0.2, 0.25) is 18.1 Å². The topological polar surface area (TPSA) is 29.5 Å². The Labute approximate surface area is 126 Å². The van der Waals surface area contributed by atoms with Gasteiger partial charge < -0.3 is 9.53 Å². The summed E-state index contributed by atoms with van der Waals surface area (Å²) in [5, 5.41) is 11.1. The van der Waals surface area contributed by atoms with E-state index in [0.717, 1.165) is 18.9 Å². The third kappa shape index (κ3) is 3.15. The highest BCUT2D eigenvalue weighted by Crippen LogP contribution is 2.51. The lowest BCUT2D eigenvalue weighted by Crippen LogP contribution is -2.45. The van der Waals surface area contributed by atoms with Gasteiger partial charge in [-0.1, -0.05) is 40.0 Å². The van der Waals surface area contributed by atoms with E-state index >= 15 is 0 Å². The second-order valence-corrected chi connectivity index (χ2v) is 13.8. The molecule has 1 N–H and O–H groups in total. The molecule has 2 rings (SSSR count). The molecule has 2 fully saturated rings. The van der Waals surface area contributed by atoms with Crippen molar-refractivity contribution in [1.29, 1.82) is 0 Å². The molecule has 0 radical (unpaired) electrons. The molecule has 2 aliphatic carbocycles. The van der Waals surface area contributed by atoms with Crippen molar-refractivity contribution in [3.8, 4) is 0 Å². The van der Waals surface area contributed by atoms with Crippen LogP contribution >= 0.6 is 0 Å². The summed E-state index contributed by atoms with van der Waals surface area (Å²) in [6.45, 7) is 14.3. The van der Waals surface area contributed by atoms with Gasteiger partial charge in [0.1, 0.15) is 0 Å². The quantitative estimate of drug-likeness (QED) is 0.772. The van der Waals surface area contributed by atoms with Crippen molar-refractivity contribution in [2.75, 3.05) is 6.61 Å². The summed E-state index contributed by atoms with van der Waals surface area (Å²) in [5.74, 6) is 1.79. The van der Waals surface area contributed by atoms with Crippen LogP contribution in [0.5, 0.6) is 0 Å². The standard InChI is InChI=1S/C17H34O2Si/c1-16(2,3)20(5,6)19-12-15-14-10-8-7-9-13(14)11-17(15,4)18/h13-15,18H,7-12H2,1-6H3/t13-,14-,15+,17?/m1/s1. The van der Waals surface area contributed by atoms with Gasteiger partial charge in [-0.2, -0.15) is 0 Å². The Balaban J connectivity index is 2.04. The van der Waals surface area contributed by atoms with Crippen molar-refractivity contribution >= 4 is 8.32 Å². The molecule has 20 heavy (non-hydrogen) atoms. The van der Waals surface area contributed by atoms with Crippen molar-refractivity contribution in [2.24, 2.45) is 17.8 Å². The van der Waals surface area contributed by atoms with E-state index < -0.39 is 13.9 Å². The Kier molecular flexibility index (Phi) is 4.46. The van der Waals surface area contributed by atoms with Crippen LogP contribution in [0.1, 0.15) is 59.8 Å². The highest BCUT2D eigenvalue weighted by molar-refractivity contribution is 6.74. The molecule has 0 amide bonds. The molecule has 2 aliphatic rings. The molecule has 0 spiro atoms. The van der Waals surface area contributed by atoms with E-state index in [4.69, 9.17) is 4.43 Å². The molecule has 4 atom stereocenters. The lowest BCUT2D eigenvalue weighted by molar-refractivity contribution is -0.0132. The van der Waals surface area contributed by atoms with Crippen LogP contribution in [0.3, 0.4) is 0 Å². The Bertz CT molecular complexity index is 343. The minimum Gasteiger partial charge on any atom is -0.416 e. The van der Waals surface area contributed by atoms with Crippen LogP contribution in [0, 0.1) is 17.8 Å². The lowest BCUT2D eigenvalue weighted by Gasteiger charge is -2.40. The van der Waals surface area contributed by atoms with Crippen molar-refractivity contribution in [3.05, 3.63) is 0 Å². The van der Waals surface area contributed by atoms with Crippen LogP contribution in [-0.4, -0.2) is 25.6 Å². The van der Waals surface area contributed by atoms with Crippen molar-refractivity contribution in [2.45, 2.75) is 83.5 Å².